The van der Waals surface area contributed by atoms with Gasteiger partial charge in [0.1, 0.15) is 11.5 Å². The number of piperidine rings is 1. The molecule has 3 rings (SSSR count). The van der Waals surface area contributed by atoms with Crippen molar-refractivity contribution in [2.45, 2.75) is 18.9 Å². The molecule has 0 saturated carbocycles. The highest BCUT2D eigenvalue weighted by Gasteiger charge is 2.21. The van der Waals surface area contributed by atoms with Crippen LogP contribution in [0.15, 0.2) is 42.7 Å². The summed E-state index contributed by atoms with van der Waals surface area (Å²) < 4.78 is 10.5. The van der Waals surface area contributed by atoms with Crippen molar-refractivity contribution in [1.82, 2.24) is 15.3 Å². The number of benzene rings is 1. The Morgan fingerprint density at radius 2 is 1.74 bits per heavy atom. The molecule has 0 unspecified atom stereocenters. The van der Waals surface area contributed by atoms with E-state index in [4.69, 9.17) is 9.47 Å². The molecule has 0 bridgehead atoms. The van der Waals surface area contributed by atoms with Crippen LogP contribution in [0, 0.1) is 0 Å². The zero-order valence-corrected chi connectivity index (χ0v) is 15.6. The summed E-state index contributed by atoms with van der Waals surface area (Å²) in [6, 6.07) is 7.46. The van der Waals surface area contributed by atoms with E-state index >= 15 is 0 Å². The largest absolute Gasteiger partial charge is 0.497 e. The molecule has 7 nitrogen and oxygen atoms in total. The van der Waals surface area contributed by atoms with Crippen molar-refractivity contribution in [2.24, 2.45) is 0 Å². The van der Waals surface area contributed by atoms with Gasteiger partial charge in [-0.2, -0.15) is 0 Å². The molecule has 0 radical (unpaired) electrons. The predicted octanol–water partition coefficient (Wildman–Crippen LogP) is 2.29. The van der Waals surface area contributed by atoms with Crippen molar-refractivity contribution in [1.29, 1.82) is 0 Å². The maximum absolute atomic E-state index is 12.2. The molecular formula is C20H24N4O3. The van der Waals surface area contributed by atoms with Gasteiger partial charge in [0.15, 0.2) is 0 Å². The lowest BCUT2D eigenvalue weighted by molar-refractivity contribution is -0.117. The highest BCUT2D eigenvalue weighted by molar-refractivity contribution is 5.92. The Morgan fingerprint density at radius 1 is 1.11 bits per heavy atom. The Morgan fingerprint density at radius 3 is 2.33 bits per heavy atom. The predicted molar refractivity (Wildman–Crippen MR) is 104 cm³/mol. The number of anilines is 1. The van der Waals surface area contributed by atoms with Crippen LogP contribution in [0.2, 0.25) is 0 Å². The van der Waals surface area contributed by atoms with Crippen molar-refractivity contribution in [2.75, 3.05) is 32.2 Å². The van der Waals surface area contributed by atoms with Gasteiger partial charge in [0, 0.05) is 43.7 Å². The minimum Gasteiger partial charge on any atom is -0.497 e. The van der Waals surface area contributed by atoms with Crippen LogP contribution in [-0.4, -0.2) is 49.2 Å². The number of carbonyl (C=O) groups is 1. The summed E-state index contributed by atoms with van der Waals surface area (Å²) in [5.41, 5.74) is 0.845. The number of carbonyl (C=O) groups excluding carboxylic acids is 1. The SMILES string of the molecule is COc1cc(C=CC(=O)NC2CCN(c3ncccn3)CC2)cc(OC)c1. The number of amides is 1. The van der Waals surface area contributed by atoms with Crippen LogP contribution in [0.3, 0.4) is 0 Å². The fourth-order valence-electron chi connectivity index (χ4n) is 3.03. The molecule has 1 aliphatic rings. The number of rotatable bonds is 6. The average molecular weight is 368 g/mol. The first-order valence-corrected chi connectivity index (χ1v) is 8.91. The van der Waals surface area contributed by atoms with E-state index in [2.05, 4.69) is 20.2 Å². The molecular weight excluding hydrogens is 344 g/mol. The van der Waals surface area contributed by atoms with Crippen molar-refractivity contribution in [3.8, 4) is 11.5 Å². The number of aromatic nitrogens is 2. The third kappa shape index (κ3) is 5.20. The number of nitrogens with one attached hydrogen (secondary N) is 1. The van der Waals surface area contributed by atoms with Gasteiger partial charge in [-0.05, 0) is 42.7 Å². The topological polar surface area (TPSA) is 76.6 Å². The number of hydrogen-bond donors (Lipinski definition) is 1. The second-order valence-electron chi connectivity index (χ2n) is 6.30. The van der Waals surface area contributed by atoms with Crippen LogP contribution in [0.25, 0.3) is 6.08 Å². The molecule has 2 aromatic rings. The quantitative estimate of drug-likeness (QED) is 0.789. The second-order valence-corrected chi connectivity index (χ2v) is 6.30. The molecule has 27 heavy (non-hydrogen) atoms. The van der Waals surface area contributed by atoms with Crippen LogP contribution in [-0.2, 0) is 4.79 Å². The van der Waals surface area contributed by atoms with Gasteiger partial charge >= 0.3 is 0 Å². The third-order valence-electron chi connectivity index (χ3n) is 4.48. The summed E-state index contributed by atoms with van der Waals surface area (Å²) in [5, 5.41) is 3.06. The first kappa shape index (κ1) is 18.7. The summed E-state index contributed by atoms with van der Waals surface area (Å²) in [6.07, 6.45) is 8.52. The van der Waals surface area contributed by atoms with Gasteiger partial charge in [-0.3, -0.25) is 4.79 Å². The first-order chi connectivity index (χ1) is 13.2. The van der Waals surface area contributed by atoms with E-state index in [9.17, 15) is 4.79 Å². The van der Waals surface area contributed by atoms with Gasteiger partial charge in [0.25, 0.3) is 0 Å². The summed E-state index contributed by atoms with van der Waals surface area (Å²) in [6.45, 7) is 1.65. The van der Waals surface area contributed by atoms with Crippen molar-refractivity contribution in [3.05, 3.63) is 48.3 Å². The fourth-order valence-corrected chi connectivity index (χ4v) is 3.03. The molecule has 1 N–H and O–H groups in total. The zero-order valence-electron chi connectivity index (χ0n) is 15.6. The van der Waals surface area contributed by atoms with Crippen molar-refractivity contribution >= 4 is 17.9 Å². The standard InChI is InChI=1S/C20H24N4O3/c1-26-17-12-15(13-18(14-17)27-2)4-5-19(25)23-16-6-10-24(11-7-16)20-21-8-3-9-22-20/h3-5,8-9,12-14,16H,6-7,10-11H2,1-2H3,(H,23,25). The van der Waals surface area contributed by atoms with E-state index < -0.39 is 0 Å². The molecule has 1 aromatic heterocycles. The minimum absolute atomic E-state index is 0.105. The summed E-state index contributed by atoms with van der Waals surface area (Å²) >= 11 is 0. The second kappa shape index (κ2) is 9.02. The van der Waals surface area contributed by atoms with E-state index in [1.54, 1.807) is 50.9 Å². The van der Waals surface area contributed by atoms with Crippen LogP contribution >= 0.6 is 0 Å². The molecule has 0 spiro atoms. The first-order valence-electron chi connectivity index (χ1n) is 8.91. The van der Waals surface area contributed by atoms with E-state index in [1.807, 2.05) is 12.1 Å². The van der Waals surface area contributed by atoms with E-state index in [0.29, 0.717) is 11.5 Å². The molecule has 1 saturated heterocycles. The van der Waals surface area contributed by atoms with E-state index in [1.165, 1.54) is 0 Å². The number of hydrogen-bond acceptors (Lipinski definition) is 6. The highest BCUT2D eigenvalue weighted by Crippen LogP contribution is 2.23. The molecule has 1 aromatic carbocycles. The van der Waals surface area contributed by atoms with Gasteiger partial charge in [-0.15, -0.1) is 0 Å². The van der Waals surface area contributed by atoms with Gasteiger partial charge in [-0.25, -0.2) is 9.97 Å². The average Bonchev–Trinajstić information content (AvgIpc) is 2.73. The Hall–Kier alpha value is -3.09. The van der Waals surface area contributed by atoms with Crippen LogP contribution < -0.4 is 19.7 Å². The normalized spacial score (nSPS) is 15.0. The monoisotopic (exact) mass is 368 g/mol. The van der Waals surface area contributed by atoms with Crippen LogP contribution in [0.5, 0.6) is 11.5 Å². The van der Waals surface area contributed by atoms with Gasteiger partial charge in [0.05, 0.1) is 14.2 Å². The maximum Gasteiger partial charge on any atom is 0.244 e. The molecule has 142 valence electrons. The van der Waals surface area contributed by atoms with Crippen molar-refractivity contribution in [3.63, 3.8) is 0 Å². The summed E-state index contributed by atoms with van der Waals surface area (Å²) in [4.78, 5) is 22.9. The molecule has 1 fully saturated rings. The smallest absolute Gasteiger partial charge is 0.244 e. The molecule has 1 aliphatic heterocycles. The Labute approximate surface area is 159 Å². The fraction of sp³-hybridized carbons (Fsp3) is 0.350. The lowest BCUT2D eigenvalue weighted by atomic mass is 10.1. The molecule has 1 amide bonds. The van der Waals surface area contributed by atoms with E-state index in [-0.39, 0.29) is 11.9 Å². The van der Waals surface area contributed by atoms with Gasteiger partial charge in [-0.1, -0.05) is 0 Å². The summed E-state index contributed by atoms with van der Waals surface area (Å²) in [5.74, 6) is 2.01. The summed E-state index contributed by atoms with van der Waals surface area (Å²) in [7, 11) is 3.20. The van der Waals surface area contributed by atoms with Crippen molar-refractivity contribution < 1.29 is 14.3 Å². The number of ether oxygens (including phenoxy) is 2. The lowest BCUT2D eigenvalue weighted by Crippen LogP contribution is -2.44. The van der Waals surface area contributed by atoms with Crippen LogP contribution in [0.1, 0.15) is 18.4 Å². The number of nitrogens with zero attached hydrogens (tertiary/aromatic N) is 3. The number of methoxy groups -OCH3 is 2. The van der Waals surface area contributed by atoms with Crippen LogP contribution in [0.4, 0.5) is 5.95 Å². The van der Waals surface area contributed by atoms with Gasteiger partial charge in [0.2, 0.25) is 11.9 Å². The highest BCUT2D eigenvalue weighted by atomic mass is 16.5. The lowest BCUT2D eigenvalue weighted by Gasteiger charge is -2.32. The molecule has 0 aliphatic carbocycles. The zero-order chi connectivity index (χ0) is 19.1. The Kier molecular flexibility index (Phi) is 6.25. The Balaban J connectivity index is 1.52. The molecule has 7 heteroatoms. The molecule has 0 atom stereocenters. The molecule has 2 heterocycles. The maximum atomic E-state index is 12.2. The third-order valence-corrected chi connectivity index (χ3v) is 4.48. The van der Waals surface area contributed by atoms with Gasteiger partial charge < -0.3 is 19.7 Å². The van der Waals surface area contributed by atoms with E-state index in [0.717, 1.165) is 37.4 Å². The minimum atomic E-state index is -0.105. The Bertz CT molecular complexity index is 765.